The molecule has 0 saturated carbocycles. The van der Waals surface area contributed by atoms with Crippen molar-refractivity contribution in [1.29, 1.82) is 0 Å². The number of nitro groups is 1. The Bertz CT molecular complexity index is 1310. The first-order chi connectivity index (χ1) is 16.7. The first-order valence-electron chi connectivity index (χ1n) is 11.6. The predicted octanol–water partition coefficient (Wildman–Crippen LogP) is 4.98. The van der Waals surface area contributed by atoms with Gasteiger partial charge in [0.15, 0.2) is 5.78 Å². The molecular formula is C27H28N4O4. The first-order valence-corrected chi connectivity index (χ1v) is 11.6. The quantitative estimate of drug-likeness (QED) is 0.283. The van der Waals surface area contributed by atoms with Crippen LogP contribution in [0.3, 0.4) is 0 Å². The van der Waals surface area contributed by atoms with E-state index in [1.165, 1.54) is 16.8 Å². The van der Waals surface area contributed by atoms with E-state index in [9.17, 15) is 19.7 Å². The number of hydrogen-bond acceptors (Lipinski definition) is 5. The maximum Gasteiger partial charge on any atom is 0.295 e. The standard InChI is InChI=1S/C27H28N4O4/c1-4-5-11-20-25-23(15-27(2,3)16-24(25)32)30(29-20)21-13-12-19(14-22(21)31(34)35)26(33)28-17-18-9-7-6-8-10-18/h4,6-10,12-14H,1,5,11,15-17H2,2-3H3,(H,28,33). The van der Waals surface area contributed by atoms with Gasteiger partial charge in [0.2, 0.25) is 0 Å². The van der Waals surface area contributed by atoms with Gasteiger partial charge in [-0.1, -0.05) is 50.3 Å². The number of amides is 1. The molecule has 0 fully saturated rings. The van der Waals surface area contributed by atoms with Gasteiger partial charge in [-0.05, 0) is 42.4 Å². The van der Waals surface area contributed by atoms with Crippen LogP contribution in [0.2, 0.25) is 0 Å². The maximum absolute atomic E-state index is 13.0. The van der Waals surface area contributed by atoms with E-state index in [0.717, 1.165) is 5.56 Å². The second kappa shape index (κ2) is 9.66. The molecule has 1 aliphatic rings. The fourth-order valence-electron chi connectivity index (χ4n) is 4.51. The second-order valence-corrected chi connectivity index (χ2v) is 9.58. The van der Waals surface area contributed by atoms with Crippen molar-refractivity contribution in [2.75, 3.05) is 0 Å². The Balaban J connectivity index is 1.73. The molecule has 8 nitrogen and oxygen atoms in total. The van der Waals surface area contributed by atoms with E-state index in [2.05, 4.69) is 17.0 Å². The summed E-state index contributed by atoms with van der Waals surface area (Å²) in [6.45, 7) is 8.06. The van der Waals surface area contributed by atoms with Gasteiger partial charge in [0.05, 0.1) is 21.9 Å². The van der Waals surface area contributed by atoms with Crippen LogP contribution in [0.1, 0.15) is 64.4 Å². The number of nitrogens with one attached hydrogen (secondary N) is 1. The molecule has 0 spiro atoms. The number of benzene rings is 2. The summed E-state index contributed by atoms with van der Waals surface area (Å²) in [4.78, 5) is 37.3. The van der Waals surface area contributed by atoms with E-state index in [1.807, 2.05) is 44.2 Å². The fraction of sp³-hybridized carbons (Fsp3) is 0.296. The maximum atomic E-state index is 13.0. The molecule has 1 heterocycles. The summed E-state index contributed by atoms with van der Waals surface area (Å²) in [5.74, 6) is -0.407. The van der Waals surface area contributed by atoms with Crippen molar-refractivity contribution in [2.24, 2.45) is 5.41 Å². The summed E-state index contributed by atoms with van der Waals surface area (Å²) in [7, 11) is 0. The van der Waals surface area contributed by atoms with Gasteiger partial charge < -0.3 is 5.32 Å². The first kappa shape index (κ1) is 24.1. The topological polar surface area (TPSA) is 107 Å². The molecule has 8 heteroatoms. The number of ketones is 1. The molecule has 180 valence electrons. The van der Waals surface area contributed by atoms with Gasteiger partial charge in [0, 0.05) is 24.6 Å². The number of aromatic nitrogens is 2. The van der Waals surface area contributed by atoms with Crippen LogP contribution < -0.4 is 5.32 Å². The average molecular weight is 473 g/mol. The molecule has 0 atom stereocenters. The summed E-state index contributed by atoms with van der Waals surface area (Å²) >= 11 is 0. The molecule has 2 aromatic carbocycles. The molecule has 0 bridgehead atoms. The van der Waals surface area contributed by atoms with Crippen LogP contribution >= 0.6 is 0 Å². The Hall–Kier alpha value is -4.07. The van der Waals surface area contributed by atoms with E-state index in [0.29, 0.717) is 49.2 Å². The zero-order valence-electron chi connectivity index (χ0n) is 19.9. The van der Waals surface area contributed by atoms with Crippen molar-refractivity contribution < 1.29 is 14.5 Å². The summed E-state index contributed by atoms with van der Waals surface area (Å²) in [5, 5.41) is 19.5. The Morgan fingerprint density at radius 1 is 1.23 bits per heavy atom. The van der Waals surface area contributed by atoms with E-state index >= 15 is 0 Å². The Morgan fingerprint density at radius 2 is 1.97 bits per heavy atom. The lowest BCUT2D eigenvalue weighted by molar-refractivity contribution is -0.384. The van der Waals surface area contributed by atoms with Gasteiger partial charge in [-0.3, -0.25) is 19.7 Å². The third-order valence-corrected chi connectivity index (χ3v) is 6.16. The van der Waals surface area contributed by atoms with E-state index in [1.54, 1.807) is 12.1 Å². The molecular weight excluding hydrogens is 444 g/mol. The van der Waals surface area contributed by atoms with Crippen LogP contribution in [0.5, 0.6) is 0 Å². The summed E-state index contributed by atoms with van der Waals surface area (Å²) in [6, 6.07) is 13.8. The molecule has 0 saturated heterocycles. The highest BCUT2D eigenvalue weighted by molar-refractivity contribution is 6.00. The van der Waals surface area contributed by atoms with Gasteiger partial charge in [-0.2, -0.15) is 5.10 Å². The molecule has 4 rings (SSSR count). The number of hydrogen-bond donors (Lipinski definition) is 1. The van der Waals surface area contributed by atoms with Crippen LogP contribution in [-0.2, 0) is 19.4 Å². The van der Waals surface area contributed by atoms with Gasteiger partial charge in [-0.15, -0.1) is 6.58 Å². The minimum absolute atomic E-state index is 0.00104. The minimum atomic E-state index is -0.517. The van der Waals surface area contributed by atoms with E-state index < -0.39 is 10.8 Å². The van der Waals surface area contributed by atoms with Gasteiger partial charge in [0.1, 0.15) is 5.69 Å². The van der Waals surface area contributed by atoms with Crippen LogP contribution in [0.15, 0.2) is 61.2 Å². The van der Waals surface area contributed by atoms with Crippen LogP contribution in [0.4, 0.5) is 5.69 Å². The lowest BCUT2D eigenvalue weighted by Gasteiger charge is -2.29. The number of carbonyl (C=O) groups is 2. The van der Waals surface area contributed by atoms with E-state index in [4.69, 9.17) is 0 Å². The minimum Gasteiger partial charge on any atom is -0.348 e. The highest BCUT2D eigenvalue weighted by atomic mass is 16.6. The third-order valence-electron chi connectivity index (χ3n) is 6.16. The smallest absolute Gasteiger partial charge is 0.295 e. The van der Waals surface area contributed by atoms with Gasteiger partial charge in [0.25, 0.3) is 11.6 Å². The van der Waals surface area contributed by atoms with E-state index in [-0.39, 0.29) is 28.1 Å². The zero-order valence-corrected chi connectivity index (χ0v) is 19.9. The van der Waals surface area contributed by atoms with Crippen LogP contribution in [-0.4, -0.2) is 26.4 Å². The van der Waals surface area contributed by atoms with Crippen molar-refractivity contribution in [2.45, 2.75) is 46.1 Å². The third kappa shape index (κ3) is 5.06. The molecule has 1 amide bonds. The molecule has 35 heavy (non-hydrogen) atoms. The molecule has 0 radical (unpaired) electrons. The van der Waals surface area contributed by atoms with Crippen molar-refractivity contribution in [3.8, 4) is 5.69 Å². The number of allylic oxidation sites excluding steroid dienone is 1. The Kier molecular flexibility index (Phi) is 6.64. The lowest BCUT2D eigenvalue weighted by Crippen LogP contribution is -2.28. The summed E-state index contributed by atoms with van der Waals surface area (Å²) < 4.78 is 1.52. The summed E-state index contributed by atoms with van der Waals surface area (Å²) in [6.07, 6.45) is 3.89. The molecule has 1 N–H and O–H groups in total. The number of fused-ring (bicyclic) bond motifs is 1. The van der Waals surface area contributed by atoms with Crippen molar-refractivity contribution in [1.82, 2.24) is 15.1 Å². The normalized spacial score (nSPS) is 14.3. The SMILES string of the molecule is C=CCCc1nn(-c2ccc(C(=O)NCc3ccccc3)cc2[N+](=O)[O-])c2c1C(=O)CC(C)(C)C2. The molecule has 1 aromatic heterocycles. The average Bonchev–Trinajstić information content (AvgIpc) is 3.18. The molecule has 0 unspecified atom stereocenters. The molecule has 0 aliphatic heterocycles. The summed E-state index contributed by atoms with van der Waals surface area (Å²) in [5.41, 5.74) is 2.67. The van der Waals surface area contributed by atoms with Crippen molar-refractivity contribution in [3.05, 3.63) is 99.4 Å². The monoisotopic (exact) mass is 472 g/mol. The highest BCUT2D eigenvalue weighted by Crippen LogP contribution is 2.38. The van der Waals surface area contributed by atoms with Crippen molar-refractivity contribution in [3.63, 3.8) is 0 Å². The number of nitro benzene ring substituents is 1. The number of Topliss-reactive ketones (excluding diaryl/α,β-unsaturated/α-hetero) is 1. The zero-order chi connectivity index (χ0) is 25.2. The Labute approximate surface area is 203 Å². The highest BCUT2D eigenvalue weighted by Gasteiger charge is 2.37. The fourth-order valence-corrected chi connectivity index (χ4v) is 4.51. The number of carbonyl (C=O) groups excluding carboxylic acids is 2. The van der Waals surface area contributed by atoms with Gasteiger partial charge >= 0.3 is 0 Å². The van der Waals surface area contributed by atoms with Gasteiger partial charge in [-0.25, -0.2) is 4.68 Å². The molecule has 1 aliphatic carbocycles. The van der Waals surface area contributed by atoms with Crippen molar-refractivity contribution >= 4 is 17.4 Å². The van der Waals surface area contributed by atoms with Crippen LogP contribution in [0.25, 0.3) is 5.69 Å². The second-order valence-electron chi connectivity index (χ2n) is 9.58. The number of rotatable bonds is 8. The lowest BCUT2D eigenvalue weighted by atomic mass is 9.75. The van der Waals surface area contributed by atoms with Crippen LogP contribution in [0, 0.1) is 15.5 Å². The molecule has 3 aromatic rings. The number of nitrogens with zero attached hydrogens (tertiary/aromatic N) is 3. The Morgan fingerprint density at radius 3 is 2.66 bits per heavy atom. The number of aryl methyl sites for hydroxylation is 1. The largest absolute Gasteiger partial charge is 0.348 e. The predicted molar refractivity (Wildman–Crippen MR) is 133 cm³/mol.